The summed E-state index contributed by atoms with van der Waals surface area (Å²) in [6.07, 6.45) is 3.15. The highest BCUT2D eigenvalue weighted by atomic mass is 16.5. The molecule has 0 bridgehead atoms. The van der Waals surface area contributed by atoms with Crippen molar-refractivity contribution in [3.05, 3.63) is 59.3 Å². The molecule has 2 aromatic carbocycles. The van der Waals surface area contributed by atoms with Crippen LogP contribution in [0.25, 0.3) is 17.0 Å². The summed E-state index contributed by atoms with van der Waals surface area (Å²) in [7, 11) is 3.12. The fourth-order valence-corrected chi connectivity index (χ4v) is 2.93. The molecule has 0 saturated heterocycles. The predicted molar refractivity (Wildman–Crippen MR) is 107 cm³/mol. The van der Waals surface area contributed by atoms with E-state index in [1.54, 1.807) is 56.8 Å². The van der Waals surface area contributed by atoms with Crippen LogP contribution < -0.4 is 14.2 Å². The van der Waals surface area contributed by atoms with E-state index in [-0.39, 0.29) is 11.4 Å². The molecule has 1 aromatic heterocycles. The zero-order chi connectivity index (χ0) is 20.1. The Labute approximate surface area is 163 Å². The number of fused-ring (bicyclic) bond motifs is 1. The first-order chi connectivity index (χ1) is 13.6. The van der Waals surface area contributed by atoms with Crippen molar-refractivity contribution in [2.75, 3.05) is 20.8 Å². The van der Waals surface area contributed by atoms with E-state index in [9.17, 15) is 10.1 Å². The van der Waals surface area contributed by atoms with Crippen LogP contribution in [0.2, 0.25) is 0 Å². The Morgan fingerprint density at radius 2 is 1.96 bits per heavy atom. The van der Waals surface area contributed by atoms with Crippen molar-refractivity contribution in [2.45, 2.75) is 6.92 Å². The second-order valence-electron chi connectivity index (χ2n) is 5.96. The number of hydrogen-bond donors (Lipinski definition) is 1. The van der Waals surface area contributed by atoms with Crippen molar-refractivity contribution in [3.8, 4) is 23.3 Å². The molecule has 0 fully saturated rings. The molecule has 0 spiro atoms. The first-order valence-corrected chi connectivity index (χ1v) is 8.73. The number of nitrogens with zero attached hydrogens (tertiary/aromatic N) is 1. The van der Waals surface area contributed by atoms with Gasteiger partial charge in [-0.25, -0.2) is 0 Å². The summed E-state index contributed by atoms with van der Waals surface area (Å²) in [6.45, 7) is 2.35. The van der Waals surface area contributed by atoms with Gasteiger partial charge in [0.2, 0.25) is 5.78 Å². The van der Waals surface area contributed by atoms with Gasteiger partial charge in [0.15, 0.2) is 11.5 Å². The first kappa shape index (κ1) is 19.1. The highest BCUT2D eigenvalue weighted by Gasteiger charge is 2.17. The molecular weight excluding hydrogens is 356 g/mol. The average Bonchev–Trinajstić information content (AvgIpc) is 3.15. The Kier molecular flexibility index (Phi) is 5.66. The summed E-state index contributed by atoms with van der Waals surface area (Å²) < 4.78 is 16.1. The van der Waals surface area contributed by atoms with E-state index < -0.39 is 0 Å². The lowest BCUT2D eigenvalue weighted by Gasteiger charge is -2.09. The molecule has 6 heteroatoms. The van der Waals surface area contributed by atoms with E-state index in [1.165, 1.54) is 0 Å². The lowest BCUT2D eigenvalue weighted by Crippen LogP contribution is -2.01. The van der Waals surface area contributed by atoms with Crippen LogP contribution in [0.4, 0.5) is 0 Å². The van der Waals surface area contributed by atoms with Crippen LogP contribution in [0.3, 0.4) is 0 Å². The molecule has 1 N–H and O–H groups in total. The van der Waals surface area contributed by atoms with Gasteiger partial charge in [-0.1, -0.05) is 6.07 Å². The first-order valence-electron chi connectivity index (χ1n) is 8.73. The van der Waals surface area contributed by atoms with E-state index in [0.29, 0.717) is 40.4 Å². The molecule has 1 heterocycles. The van der Waals surface area contributed by atoms with Crippen LogP contribution in [-0.2, 0) is 0 Å². The number of aromatic nitrogens is 1. The molecule has 0 unspecified atom stereocenters. The van der Waals surface area contributed by atoms with Crippen molar-refractivity contribution >= 4 is 22.8 Å². The highest BCUT2D eigenvalue weighted by molar-refractivity contribution is 6.20. The minimum Gasteiger partial charge on any atom is -0.497 e. The van der Waals surface area contributed by atoms with Crippen molar-refractivity contribution in [1.82, 2.24) is 4.98 Å². The number of methoxy groups -OCH3 is 2. The number of ether oxygens (including phenoxy) is 3. The summed E-state index contributed by atoms with van der Waals surface area (Å²) >= 11 is 0. The van der Waals surface area contributed by atoms with Crippen molar-refractivity contribution in [2.24, 2.45) is 0 Å². The van der Waals surface area contributed by atoms with Gasteiger partial charge in [-0.05, 0) is 48.9 Å². The Morgan fingerprint density at radius 3 is 2.64 bits per heavy atom. The molecule has 0 aliphatic heterocycles. The average molecular weight is 376 g/mol. The predicted octanol–water partition coefficient (Wildman–Crippen LogP) is 4.37. The molecule has 0 saturated carbocycles. The maximum absolute atomic E-state index is 13.0. The van der Waals surface area contributed by atoms with Crippen LogP contribution in [0, 0.1) is 11.3 Å². The van der Waals surface area contributed by atoms with Gasteiger partial charge in [0.25, 0.3) is 0 Å². The van der Waals surface area contributed by atoms with E-state index in [0.717, 1.165) is 5.52 Å². The standard InChI is InChI=1S/C22H20N2O4/c1-4-28-21-10-14(5-8-20(21)27-3)9-15(12-23)22(25)18-13-24-19-7-6-16(26-2)11-17(18)19/h5-11,13,24H,4H2,1-3H3. The number of benzene rings is 2. The fraction of sp³-hybridized carbons (Fsp3) is 0.182. The van der Waals surface area contributed by atoms with Gasteiger partial charge in [0.1, 0.15) is 17.4 Å². The molecule has 0 aliphatic carbocycles. The van der Waals surface area contributed by atoms with Crippen LogP contribution >= 0.6 is 0 Å². The van der Waals surface area contributed by atoms with Gasteiger partial charge in [0, 0.05) is 22.7 Å². The minimum absolute atomic E-state index is 0.0244. The zero-order valence-corrected chi connectivity index (χ0v) is 15.9. The zero-order valence-electron chi connectivity index (χ0n) is 15.9. The third kappa shape index (κ3) is 3.69. The molecule has 142 valence electrons. The number of aromatic amines is 1. The molecule has 0 radical (unpaired) electrons. The Balaban J connectivity index is 2.01. The molecule has 0 aliphatic rings. The van der Waals surface area contributed by atoms with Gasteiger partial charge < -0.3 is 19.2 Å². The third-order valence-corrected chi connectivity index (χ3v) is 4.30. The molecular formula is C22H20N2O4. The highest BCUT2D eigenvalue weighted by Crippen LogP contribution is 2.30. The Bertz CT molecular complexity index is 1090. The van der Waals surface area contributed by atoms with Crippen molar-refractivity contribution in [3.63, 3.8) is 0 Å². The lowest BCUT2D eigenvalue weighted by atomic mass is 10.0. The SMILES string of the molecule is CCOc1cc(C=C(C#N)C(=O)c2c[nH]c3ccc(OC)cc23)ccc1OC. The van der Waals surface area contributed by atoms with E-state index in [4.69, 9.17) is 14.2 Å². The number of nitrogens with one attached hydrogen (secondary N) is 1. The summed E-state index contributed by atoms with van der Waals surface area (Å²) in [5, 5.41) is 10.3. The molecule has 0 atom stereocenters. The van der Waals surface area contributed by atoms with Gasteiger partial charge in [-0.15, -0.1) is 0 Å². The quantitative estimate of drug-likeness (QED) is 0.376. The van der Waals surface area contributed by atoms with Gasteiger partial charge in [-0.3, -0.25) is 4.79 Å². The van der Waals surface area contributed by atoms with Gasteiger partial charge >= 0.3 is 0 Å². The molecule has 6 nitrogen and oxygen atoms in total. The van der Waals surface area contributed by atoms with Gasteiger partial charge in [0.05, 0.1) is 20.8 Å². The number of ketones is 1. The van der Waals surface area contributed by atoms with Gasteiger partial charge in [-0.2, -0.15) is 5.26 Å². The van der Waals surface area contributed by atoms with Crippen LogP contribution in [0.1, 0.15) is 22.8 Å². The number of allylic oxidation sites excluding steroid dienone is 1. The monoisotopic (exact) mass is 376 g/mol. The van der Waals surface area contributed by atoms with Crippen LogP contribution in [0.5, 0.6) is 17.2 Å². The minimum atomic E-state index is -0.365. The van der Waals surface area contributed by atoms with E-state index >= 15 is 0 Å². The number of carbonyl (C=O) groups is 1. The maximum Gasteiger partial charge on any atom is 0.205 e. The molecule has 3 rings (SSSR count). The molecule has 3 aromatic rings. The normalized spacial score (nSPS) is 11.1. The third-order valence-electron chi connectivity index (χ3n) is 4.30. The number of nitriles is 1. The lowest BCUT2D eigenvalue weighted by molar-refractivity contribution is 0.104. The summed E-state index contributed by atoms with van der Waals surface area (Å²) in [5.41, 5.74) is 1.91. The number of rotatable bonds is 7. The Morgan fingerprint density at radius 1 is 1.14 bits per heavy atom. The Hall–Kier alpha value is -3.72. The smallest absolute Gasteiger partial charge is 0.205 e. The number of H-pyrrole nitrogens is 1. The van der Waals surface area contributed by atoms with Crippen LogP contribution in [-0.4, -0.2) is 31.6 Å². The van der Waals surface area contributed by atoms with E-state index in [2.05, 4.69) is 4.98 Å². The summed E-state index contributed by atoms with van der Waals surface area (Å²) in [5.74, 6) is 1.42. The number of Topliss-reactive ketones (excluding diaryl/α,β-unsaturated/α-hetero) is 1. The fourth-order valence-electron chi connectivity index (χ4n) is 2.93. The van der Waals surface area contributed by atoms with Crippen molar-refractivity contribution in [1.29, 1.82) is 5.26 Å². The second-order valence-corrected chi connectivity index (χ2v) is 5.96. The maximum atomic E-state index is 13.0. The molecule has 0 amide bonds. The number of hydrogen-bond acceptors (Lipinski definition) is 5. The van der Waals surface area contributed by atoms with Crippen molar-refractivity contribution < 1.29 is 19.0 Å². The largest absolute Gasteiger partial charge is 0.497 e. The number of carbonyl (C=O) groups excluding carboxylic acids is 1. The van der Waals surface area contributed by atoms with Crippen LogP contribution in [0.15, 0.2) is 48.2 Å². The summed E-state index contributed by atoms with van der Waals surface area (Å²) in [4.78, 5) is 16.0. The molecule has 28 heavy (non-hydrogen) atoms. The topological polar surface area (TPSA) is 84.3 Å². The summed E-state index contributed by atoms with van der Waals surface area (Å²) in [6, 6.07) is 12.7. The second kappa shape index (κ2) is 8.31. The van der Waals surface area contributed by atoms with E-state index in [1.807, 2.05) is 19.1 Å².